The third kappa shape index (κ3) is 5.35. The van der Waals surface area contributed by atoms with Crippen molar-refractivity contribution in [1.82, 2.24) is 20.0 Å². The lowest BCUT2D eigenvalue weighted by Crippen LogP contribution is -2.38. The predicted molar refractivity (Wildman–Crippen MR) is 144 cm³/mol. The number of nitrogens with zero attached hydrogens (tertiary/aromatic N) is 2. The number of hydrogen-bond acceptors (Lipinski definition) is 5. The predicted octanol–water partition coefficient (Wildman–Crippen LogP) is 4.30. The van der Waals surface area contributed by atoms with E-state index >= 15 is 0 Å². The first-order valence-electron chi connectivity index (χ1n) is 12.1. The van der Waals surface area contributed by atoms with Crippen LogP contribution < -0.4 is 15.4 Å². The van der Waals surface area contributed by atoms with Gasteiger partial charge in [0.1, 0.15) is 5.67 Å². The maximum absolute atomic E-state index is 14.2. The molecule has 0 aliphatic heterocycles. The summed E-state index contributed by atoms with van der Waals surface area (Å²) in [6, 6.07) is 7.58. The topological polar surface area (TPSA) is 96.0 Å². The van der Waals surface area contributed by atoms with Crippen molar-refractivity contribution in [3.05, 3.63) is 59.2 Å². The average Bonchev–Trinajstić information content (AvgIpc) is 3.57. The van der Waals surface area contributed by atoms with Gasteiger partial charge in [-0.25, -0.2) is 17.5 Å². The van der Waals surface area contributed by atoms with E-state index in [-0.39, 0.29) is 17.5 Å². The number of rotatable bonds is 7. The van der Waals surface area contributed by atoms with Gasteiger partial charge in [-0.1, -0.05) is 0 Å². The largest absolute Gasteiger partial charge is 0.359 e. The normalized spacial score (nSPS) is 17.7. The number of alkyl halides is 1. The Hall–Kier alpha value is -2.69. The Bertz CT molecular complexity index is 1450. The SMILES string of the molecule is Cc1ncccc1NC(=S)NC1Cc2cc3cnc(C4CC4)cc3c(S(=O)(=O)NCC(C)(C)F)c2C1. The number of sulfonamides is 1. The number of hydrogen-bond donors (Lipinski definition) is 3. The van der Waals surface area contributed by atoms with Crippen molar-refractivity contribution in [3.63, 3.8) is 0 Å². The second-order valence-corrected chi connectivity index (χ2v) is 12.4. The van der Waals surface area contributed by atoms with Crippen LogP contribution >= 0.6 is 12.2 Å². The highest BCUT2D eigenvalue weighted by atomic mass is 32.2. The quantitative estimate of drug-likeness (QED) is 0.395. The molecule has 3 N–H and O–H groups in total. The third-order valence-corrected chi connectivity index (χ3v) is 8.39. The molecular formula is C26H30FN5O2S2. The molecule has 0 bridgehead atoms. The van der Waals surface area contributed by atoms with E-state index in [1.54, 1.807) is 12.4 Å². The van der Waals surface area contributed by atoms with Crippen LogP contribution in [-0.4, -0.2) is 41.8 Å². The van der Waals surface area contributed by atoms with Crippen molar-refractivity contribution in [1.29, 1.82) is 0 Å². The van der Waals surface area contributed by atoms with E-state index in [0.717, 1.165) is 46.4 Å². The highest BCUT2D eigenvalue weighted by Crippen LogP contribution is 2.42. The van der Waals surface area contributed by atoms with Crippen LogP contribution in [0.15, 0.2) is 41.6 Å². The number of benzene rings is 1. The summed E-state index contributed by atoms with van der Waals surface area (Å²) in [4.78, 5) is 9.10. The van der Waals surface area contributed by atoms with Crippen LogP contribution in [0.5, 0.6) is 0 Å². The Morgan fingerprint density at radius 3 is 2.69 bits per heavy atom. The van der Waals surface area contributed by atoms with E-state index in [4.69, 9.17) is 12.2 Å². The molecule has 1 atom stereocenters. The fraction of sp³-hybridized carbons (Fsp3) is 0.423. The number of nitrogens with one attached hydrogen (secondary N) is 3. The number of fused-ring (bicyclic) bond motifs is 2. The highest BCUT2D eigenvalue weighted by molar-refractivity contribution is 7.89. The molecule has 2 heterocycles. The fourth-order valence-corrected chi connectivity index (χ4v) is 6.64. The van der Waals surface area contributed by atoms with Crippen LogP contribution in [-0.2, 0) is 22.9 Å². The molecule has 2 aromatic heterocycles. The van der Waals surface area contributed by atoms with E-state index in [2.05, 4.69) is 25.3 Å². The summed E-state index contributed by atoms with van der Waals surface area (Å²) in [5, 5.41) is 8.37. The van der Waals surface area contributed by atoms with Crippen molar-refractivity contribution < 1.29 is 12.8 Å². The monoisotopic (exact) mass is 527 g/mol. The van der Waals surface area contributed by atoms with Crippen LogP contribution in [0.4, 0.5) is 10.1 Å². The molecule has 7 nitrogen and oxygen atoms in total. The van der Waals surface area contributed by atoms with Crippen LogP contribution in [0, 0.1) is 6.92 Å². The molecule has 5 rings (SSSR count). The van der Waals surface area contributed by atoms with Crippen LogP contribution in [0.1, 0.15) is 55.1 Å². The third-order valence-electron chi connectivity index (χ3n) is 6.65. The molecule has 0 saturated heterocycles. The minimum Gasteiger partial charge on any atom is -0.359 e. The molecule has 1 saturated carbocycles. The van der Waals surface area contributed by atoms with E-state index in [1.807, 2.05) is 31.2 Å². The summed E-state index contributed by atoms with van der Waals surface area (Å²) in [5.41, 5.74) is 2.56. The Morgan fingerprint density at radius 1 is 1.22 bits per heavy atom. The standard InChI is InChI=1S/C26H30FN5O2S2/c1-15-22(5-4-8-28-15)32-25(35)31-19-10-17-9-18-13-29-23(16-6-7-16)12-21(18)24(20(17)11-19)36(33,34)30-14-26(2,3)27/h4-5,8-9,12-13,16,19,30H,6-7,10-11,14H2,1-3H3,(H2,31,32,35). The smallest absolute Gasteiger partial charge is 0.241 e. The van der Waals surface area contributed by atoms with Gasteiger partial charge in [-0.15, -0.1) is 0 Å². The van der Waals surface area contributed by atoms with Crippen molar-refractivity contribution >= 4 is 43.8 Å². The molecule has 2 aliphatic carbocycles. The van der Waals surface area contributed by atoms with Crippen molar-refractivity contribution in [2.24, 2.45) is 0 Å². The van der Waals surface area contributed by atoms with Crippen molar-refractivity contribution in [3.8, 4) is 0 Å². The first kappa shape index (κ1) is 25.0. The number of aromatic nitrogens is 2. The van der Waals surface area contributed by atoms with Gasteiger partial charge in [-0.3, -0.25) is 9.97 Å². The second kappa shape index (κ2) is 9.32. The molecule has 1 fully saturated rings. The molecule has 1 unspecified atom stereocenters. The summed E-state index contributed by atoms with van der Waals surface area (Å²) in [6.07, 6.45) is 6.70. The van der Waals surface area contributed by atoms with Gasteiger partial charge in [-0.05, 0) is 94.1 Å². The molecular weight excluding hydrogens is 497 g/mol. The summed E-state index contributed by atoms with van der Waals surface area (Å²) < 4.78 is 43.9. The first-order chi connectivity index (χ1) is 17.0. The van der Waals surface area contributed by atoms with Gasteiger partial charge in [-0.2, -0.15) is 0 Å². The minimum absolute atomic E-state index is 0.0868. The summed E-state index contributed by atoms with van der Waals surface area (Å²) in [5.74, 6) is 0.379. The number of anilines is 1. The maximum atomic E-state index is 14.2. The van der Waals surface area contributed by atoms with Gasteiger partial charge < -0.3 is 10.6 Å². The number of thiocarbonyl (C=S) groups is 1. The molecule has 0 spiro atoms. The van der Waals surface area contributed by atoms with Gasteiger partial charge in [0.2, 0.25) is 10.0 Å². The first-order valence-corrected chi connectivity index (χ1v) is 14.0. The lowest BCUT2D eigenvalue weighted by Gasteiger charge is -2.19. The van der Waals surface area contributed by atoms with Gasteiger partial charge in [0.05, 0.1) is 16.3 Å². The van der Waals surface area contributed by atoms with Gasteiger partial charge >= 0.3 is 0 Å². The molecule has 2 aliphatic rings. The lowest BCUT2D eigenvalue weighted by atomic mass is 10.0. The van der Waals surface area contributed by atoms with E-state index in [1.165, 1.54) is 13.8 Å². The van der Waals surface area contributed by atoms with Crippen LogP contribution in [0.3, 0.4) is 0 Å². The lowest BCUT2D eigenvalue weighted by molar-refractivity contribution is 0.221. The van der Waals surface area contributed by atoms with Crippen molar-refractivity contribution in [2.75, 3.05) is 11.9 Å². The molecule has 190 valence electrons. The maximum Gasteiger partial charge on any atom is 0.241 e. The highest BCUT2D eigenvalue weighted by Gasteiger charge is 2.33. The Morgan fingerprint density at radius 2 is 2.00 bits per heavy atom. The fourth-order valence-electron chi connectivity index (χ4n) is 4.68. The zero-order valence-electron chi connectivity index (χ0n) is 20.6. The number of halogens is 1. The van der Waals surface area contributed by atoms with Crippen LogP contribution in [0.2, 0.25) is 0 Å². The molecule has 3 aromatic rings. The molecule has 0 radical (unpaired) electrons. The number of aryl methyl sites for hydroxylation is 1. The second-order valence-electron chi connectivity index (χ2n) is 10.3. The summed E-state index contributed by atoms with van der Waals surface area (Å²) in [7, 11) is -3.98. The van der Waals surface area contributed by atoms with Crippen molar-refractivity contribution in [2.45, 2.75) is 69.0 Å². The Kier molecular flexibility index (Phi) is 6.46. The van der Waals surface area contributed by atoms with Crippen LogP contribution in [0.25, 0.3) is 10.8 Å². The molecule has 0 amide bonds. The molecule has 1 aromatic carbocycles. The Labute approximate surface area is 216 Å². The molecule has 36 heavy (non-hydrogen) atoms. The minimum atomic E-state index is -3.98. The van der Waals surface area contributed by atoms with Gasteiger partial charge in [0.15, 0.2) is 5.11 Å². The summed E-state index contributed by atoms with van der Waals surface area (Å²) in [6.45, 7) is 4.31. The Balaban J connectivity index is 1.47. The van der Waals surface area contributed by atoms with E-state index in [0.29, 0.717) is 29.3 Å². The zero-order chi connectivity index (χ0) is 25.7. The van der Waals surface area contributed by atoms with E-state index in [9.17, 15) is 12.8 Å². The average molecular weight is 528 g/mol. The van der Waals surface area contributed by atoms with Gasteiger partial charge in [0, 0.05) is 47.4 Å². The summed E-state index contributed by atoms with van der Waals surface area (Å²) >= 11 is 5.54. The van der Waals surface area contributed by atoms with E-state index < -0.39 is 15.7 Å². The molecule has 10 heteroatoms. The number of pyridine rings is 2. The van der Waals surface area contributed by atoms with Gasteiger partial charge in [0.25, 0.3) is 0 Å². The zero-order valence-corrected chi connectivity index (χ0v) is 22.2.